The Morgan fingerprint density at radius 2 is 1.59 bits per heavy atom. The Labute approximate surface area is 130 Å². The van der Waals surface area contributed by atoms with Gasteiger partial charge in [0.1, 0.15) is 0 Å². The normalized spacial score (nSPS) is 16.5. The van der Waals surface area contributed by atoms with Gasteiger partial charge in [0.25, 0.3) is 0 Å². The molecule has 2 aromatic rings. The Hall–Kier alpha value is -1.89. The smallest absolute Gasteiger partial charge is 0.243 e. The number of anilines is 1. The Morgan fingerprint density at radius 1 is 0.955 bits per heavy atom. The highest BCUT2D eigenvalue weighted by atomic mass is 32.2. The summed E-state index contributed by atoms with van der Waals surface area (Å²) in [6.07, 6.45) is 0. The van der Waals surface area contributed by atoms with Gasteiger partial charge in [-0.3, -0.25) is 0 Å². The van der Waals surface area contributed by atoms with Crippen LogP contribution in [0, 0.1) is 0 Å². The monoisotopic (exact) mass is 318 g/mol. The number of hydrogen-bond acceptors (Lipinski definition) is 4. The van der Waals surface area contributed by atoms with E-state index in [9.17, 15) is 8.42 Å². The maximum atomic E-state index is 12.5. The molecule has 0 spiro atoms. The van der Waals surface area contributed by atoms with E-state index in [2.05, 4.69) is 0 Å². The molecule has 1 aliphatic rings. The number of para-hydroxylation sites is 1. The molecule has 0 aliphatic carbocycles. The van der Waals surface area contributed by atoms with Crippen molar-refractivity contribution in [3.8, 4) is 11.1 Å². The van der Waals surface area contributed by atoms with Crippen LogP contribution in [0.2, 0.25) is 0 Å². The van der Waals surface area contributed by atoms with Gasteiger partial charge in [0.05, 0.1) is 18.1 Å². The molecule has 0 aromatic heterocycles. The fraction of sp³-hybridized carbons (Fsp3) is 0.250. The van der Waals surface area contributed by atoms with Crippen LogP contribution in [0.25, 0.3) is 11.1 Å². The van der Waals surface area contributed by atoms with Gasteiger partial charge in [-0.25, -0.2) is 8.42 Å². The summed E-state index contributed by atoms with van der Waals surface area (Å²) >= 11 is 0. The van der Waals surface area contributed by atoms with Gasteiger partial charge in [0.15, 0.2) is 0 Å². The summed E-state index contributed by atoms with van der Waals surface area (Å²) in [6.45, 7) is 1.68. The zero-order valence-electron chi connectivity index (χ0n) is 12.1. The van der Waals surface area contributed by atoms with Gasteiger partial charge in [0, 0.05) is 24.3 Å². The number of nitrogen functional groups attached to an aromatic ring is 1. The van der Waals surface area contributed by atoms with Gasteiger partial charge in [-0.05, 0) is 23.8 Å². The van der Waals surface area contributed by atoms with Crippen LogP contribution in [0.3, 0.4) is 0 Å². The van der Waals surface area contributed by atoms with E-state index < -0.39 is 10.0 Å². The fourth-order valence-electron chi connectivity index (χ4n) is 2.50. The summed E-state index contributed by atoms with van der Waals surface area (Å²) in [6, 6.07) is 14.4. The zero-order chi connectivity index (χ0) is 15.6. The van der Waals surface area contributed by atoms with Gasteiger partial charge in [-0.15, -0.1) is 0 Å². The van der Waals surface area contributed by atoms with Crippen molar-refractivity contribution in [2.75, 3.05) is 32.0 Å². The Morgan fingerprint density at radius 3 is 2.23 bits per heavy atom. The lowest BCUT2D eigenvalue weighted by atomic mass is 10.0. The van der Waals surface area contributed by atoms with Crippen molar-refractivity contribution in [1.29, 1.82) is 0 Å². The molecule has 0 bridgehead atoms. The van der Waals surface area contributed by atoms with Crippen molar-refractivity contribution >= 4 is 15.7 Å². The van der Waals surface area contributed by atoms with Crippen LogP contribution >= 0.6 is 0 Å². The Kier molecular flexibility index (Phi) is 4.15. The second-order valence-corrected chi connectivity index (χ2v) is 7.07. The second kappa shape index (κ2) is 6.08. The van der Waals surface area contributed by atoms with E-state index in [0.717, 1.165) is 11.1 Å². The van der Waals surface area contributed by atoms with E-state index in [1.165, 1.54) is 4.31 Å². The minimum Gasteiger partial charge on any atom is -0.398 e. The predicted octanol–water partition coefficient (Wildman–Crippen LogP) is 1.96. The number of ether oxygens (including phenoxy) is 1. The third-order valence-corrected chi connectivity index (χ3v) is 5.65. The summed E-state index contributed by atoms with van der Waals surface area (Å²) in [4.78, 5) is 0.299. The number of nitrogens with two attached hydrogens (primary N) is 1. The largest absolute Gasteiger partial charge is 0.398 e. The van der Waals surface area contributed by atoms with Crippen molar-refractivity contribution in [2.24, 2.45) is 0 Å². The summed E-state index contributed by atoms with van der Waals surface area (Å²) < 4.78 is 31.8. The standard InChI is InChI=1S/C16H18N2O3S/c17-16-4-2-1-3-15(16)13-5-7-14(8-6-13)22(19,20)18-9-11-21-12-10-18/h1-8H,9-12,17H2. The Balaban J connectivity index is 1.89. The minimum absolute atomic E-state index is 0.299. The van der Waals surface area contributed by atoms with Crippen LogP contribution in [0.5, 0.6) is 0 Å². The van der Waals surface area contributed by atoms with Crippen LogP contribution in [0.1, 0.15) is 0 Å². The van der Waals surface area contributed by atoms with E-state index >= 15 is 0 Å². The third-order valence-electron chi connectivity index (χ3n) is 3.73. The summed E-state index contributed by atoms with van der Waals surface area (Å²) in [5.74, 6) is 0. The Bertz CT molecular complexity index is 751. The average Bonchev–Trinajstić information content (AvgIpc) is 2.56. The van der Waals surface area contributed by atoms with E-state index in [-0.39, 0.29) is 0 Å². The maximum Gasteiger partial charge on any atom is 0.243 e. The number of hydrogen-bond donors (Lipinski definition) is 1. The average molecular weight is 318 g/mol. The van der Waals surface area contributed by atoms with Crippen LogP contribution in [0.4, 0.5) is 5.69 Å². The molecule has 2 N–H and O–H groups in total. The molecule has 2 aromatic carbocycles. The lowest BCUT2D eigenvalue weighted by Gasteiger charge is -2.26. The minimum atomic E-state index is -3.45. The number of benzene rings is 2. The van der Waals surface area contributed by atoms with Crippen LogP contribution in [-0.2, 0) is 14.8 Å². The first kappa shape index (κ1) is 15.0. The molecular weight excluding hydrogens is 300 g/mol. The van der Waals surface area contributed by atoms with E-state index in [1.807, 2.05) is 24.3 Å². The van der Waals surface area contributed by atoms with E-state index in [4.69, 9.17) is 10.5 Å². The zero-order valence-corrected chi connectivity index (χ0v) is 12.9. The number of morpholine rings is 1. The van der Waals surface area contributed by atoms with Gasteiger partial charge < -0.3 is 10.5 Å². The molecule has 22 heavy (non-hydrogen) atoms. The van der Waals surface area contributed by atoms with Gasteiger partial charge in [-0.2, -0.15) is 4.31 Å². The summed E-state index contributed by atoms with van der Waals surface area (Å²) in [5.41, 5.74) is 8.43. The lowest BCUT2D eigenvalue weighted by molar-refractivity contribution is 0.0730. The highest BCUT2D eigenvalue weighted by Crippen LogP contribution is 2.27. The van der Waals surface area contributed by atoms with Gasteiger partial charge in [0.2, 0.25) is 10.0 Å². The van der Waals surface area contributed by atoms with Gasteiger partial charge >= 0.3 is 0 Å². The molecule has 6 heteroatoms. The molecule has 0 amide bonds. The van der Waals surface area contributed by atoms with Gasteiger partial charge in [-0.1, -0.05) is 30.3 Å². The SMILES string of the molecule is Nc1ccccc1-c1ccc(S(=O)(=O)N2CCOCC2)cc1. The van der Waals surface area contributed by atoms with Crippen molar-refractivity contribution < 1.29 is 13.2 Å². The van der Waals surface area contributed by atoms with Crippen molar-refractivity contribution in [1.82, 2.24) is 4.31 Å². The van der Waals surface area contributed by atoms with Crippen molar-refractivity contribution in [3.63, 3.8) is 0 Å². The summed E-state index contributed by atoms with van der Waals surface area (Å²) in [7, 11) is -3.45. The van der Waals surface area contributed by atoms with E-state index in [0.29, 0.717) is 36.9 Å². The molecule has 1 aliphatic heterocycles. The van der Waals surface area contributed by atoms with E-state index in [1.54, 1.807) is 24.3 Å². The van der Waals surface area contributed by atoms with Crippen molar-refractivity contribution in [3.05, 3.63) is 48.5 Å². The number of sulfonamides is 1. The molecule has 0 saturated carbocycles. The topological polar surface area (TPSA) is 72.6 Å². The van der Waals surface area contributed by atoms with Crippen LogP contribution in [-0.4, -0.2) is 39.0 Å². The summed E-state index contributed by atoms with van der Waals surface area (Å²) in [5, 5.41) is 0. The molecule has 1 fully saturated rings. The fourth-order valence-corrected chi connectivity index (χ4v) is 3.91. The quantitative estimate of drug-likeness (QED) is 0.878. The predicted molar refractivity (Wildman–Crippen MR) is 85.9 cm³/mol. The molecule has 0 radical (unpaired) electrons. The lowest BCUT2D eigenvalue weighted by Crippen LogP contribution is -2.40. The highest BCUT2D eigenvalue weighted by molar-refractivity contribution is 7.89. The highest BCUT2D eigenvalue weighted by Gasteiger charge is 2.26. The molecule has 3 rings (SSSR count). The molecule has 0 atom stereocenters. The molecule has 5 nitrogen and oxygen atoms in total. The number of nitrogens with zero attached hydrogens (tertiary/aromatic N) is 1. The third kappa shape index (κ3) is 2.85. The molecule has 1 saturated heterocycles. The molecule has 116 valence electrons. The molecule has 1 heterocycles. The number of rotatable bonds is 3. The van der Waals surface area contributed by atoms with Crippen molar-refractivity contribution in [2.45, 2.75) is 4.90 Å². The maximum absolute atomic E-state index is 12.5. The first-order chi connectivity index (χ1) is 10.6. The van der Waals surface area contributed by atoms with Crippen LogP contribution in [0.15, 0.2) is 53.4 Å². The first-order valence-electron chi connectivity index (χ1n) is 7.12. The molecule has 0 unspecified atom stereocenters. The van der Waals surface area contributed by atoms with Crippen LogP contribution < -0.4 is 5.73 Å². The second-order valence-electron chi connectivity index (χ2n) is 5.13. The first-order valence-corrected chi connectivity index (χ1v) is 8.56. The molecular formula is C16H18N2O3S.